The first-order valence-electron chi connectivity index (χ1n) is 9.84. The molecule has 2 aliphatic carbocycles. The summed E-state index contributed by atoms with van der Waals surface area (Å²) in [5.74, 6) is 1.05. The Balaban J connectivity index is 1.27. The number of alkyl carbamates (subject to hydrolysis) is 1. The van der Waals surface area contributed by atoms with Crippen molar-refractivity contribution in [1.82, 2.24) is 25.5 Å². The molecule has 0 saturated heterocycles. The molecule has 0 radical (unpaired) electrons. The molecular weight excluding hydrogens is 415 g/mol. The number of anilines is 2. The van der Waals surface area contributed by atoms with Gasteiger partial charge in [-0.15, -0.1) is 0 Å². The zero-order valence-electron chi connectivity index (χ0n) is 16.4. The molecule has 31 heavy (non-hydrogen) atoms. The smallest absolute Gasteiger partial charge is 0.407 e. The van der Waals surface area contributed by atoms with Crippen molar-refractivity contribution in [3.8, 4) is 6.07 Å². The van der Waals surface area contributed by atoms with Crippen molar-refractivity contribution in [3.05, 3.63) is 29.8 Å². The molecule has 0 spiro atoms. The first-order chi connectivity index (χ1) is 14.7. The first-order valence-corrected chi connectivity index (χ1v) is 9.84. The zero-order valence-corrected chi connectivity index (χ0v) is 16.4. The number of nitrogens with one attached hydrogen (secondary N) is 3. The topological polar surface area (TPSA) is 129 Å². The van der Waals surface area contributed by atoms with Crippen LogP contribution in [-0.4, -0.2) is 44.1 Å². The number of aromatic nitrogens is 4. The van der Waals surface area contributed by atoms with E-state index in [-0.39, 0.29) is 17.7 Å². The van der Waals surface area contributed by atoms with E-state index in [2.05, 4.69) is 30.8 Å². The SMILES string of the molecule is N#Cc1cnc(Nc2cc(C3CCC(OC(=O)NC4(CC(F)(F)F)CC4)C3)[nH]n2)cn1. The summed E-state index contributed by atoms with van der Waals surface area (Å²) in [6.07, 6.45) is -1.19. The molecule has 2 atom stereocenters. The number of aromatic amines is 1. The van der Waals surface area contributed by atoms with Crippen LogP contribution < -0.4 is 10.6 Å². The Hall–Kier alpha value is -3.36. The van der Waals surface area contributed by atoms with Crippen LogP contribution in [0.15, 0.2) is 18.5 Å². The third kappa shape index (κ3) is 5.42. The Morgan fingerprint density at radius 2 is 2.10 bits per heavy atom. The molecular formula is C19H20F3N7O2. The van der Waals surface area contributed by atoms with Gasteiger partial charge in [0.2, 0.25) is 0 Å². The highest BCUT2D eigenvalue weighted by Gasteiger charge is 2.52. The summed E-state index contributed by atoms with van der Waals surface area (Å²) >= 11 is 0. The Morgan fingerprint density at radius 3 is 2.74 bits per heavy atom. The molecule has 3 N–H and O–H groups in total. The number of H-pyrrole nitrogens is 1. The lowest BCUT2D eigenvalue weighted by atomic mass is 10.0. The first kappa shape index (κ1) is 20.9. The molecule has 2 fully saturated rings. The van der Waals surface area contributed by atoms with Crippen LogP contribution in [0.2, 0.25) is 0 Å². The molecule has 2 heterocycles. The minimum Gasteiger partial charge on any atom is -0.446 e. The number of amides is 1. The molecule has 2 aromatic rings. The van der Waals surface area contributed by atoms with Gasteiger partial charge in [0.15, 0.2) is 11.5 Å². The van der Waals surface area contributed by atoms with Crippen molar-refractivity contribution in [3.63, 3.8) is 0 Å². The van der Waals surface area contributed by atoms with Crippen molar-refractivity contribution in [2.75, 3.05) is 5.32 Å². The Morgan fingerprint density at radius 1 is 1.29 bits per heavy atom. The van der Waals surface area contributed by atoms with Gasteiger partial charge in [0, 0.05) is 17.7 Å². The summed E-state index contributed by atoms with van der Waals surface area (Å²) in [6.45, 7) is 0. The van der Waals surface area contributed by atoms with E-state index >= 15 is 0 Å². The summed E-state index contributed by atoms with van der Waals surface area (Å²) in [5.41, 5.74) is -0.141. The molecule has 4 rings (SSSR count). The second kappa shape index (κ2) is 8.05. The monoisotopic (exact) mass is 435 g/mol. The number of nitrogens with zero attached hydrogens (tertiary/aromatic N) is 4. The van der Waals surface area contributed by atoms with Gasteiger partial charge in [-0.2, -0.15) is 23.5 Å². The summed E-state index contributed by atoms with van der Waals surface area (Å²) in [4.78, 5) is 20.1. The van der Waals surface area contributed by atoms with Gasteiger partial charge in [-0.1, -0.05) is 0 Å². The number of carbonyl (C=O) groups is 1. The van der Waals surface area contributed by atoms with E-state index in [0.29, 0.717) is 37.3 Å². The van der Waals surface area contributed by atoms with E-state index in [1.54, 1.807) is 0 Å². The lowest BCUT2D eigenvalue weighted by molar-refractivity contribution is -0.141. The lowest BCUT2D eigenvalue weighted by Gasteiger charge is -2.20. The lowest BCUT2D eigenvalue weighted by Crippen LogP contribution is -2.41. The fourth-order valence-corrected chi connectivity index (χ4v) is 3.80. The van der Waals surface area contributed by atoms with E-state index in [1.165, 1.54) is 12.4 Å². The maximum Gasteiger partial charge on any atom is 0.407 e. The van der Waals surface area contributed by atoms with Gasteiger partial charge in [-0.05, 0) is 32.1 Å². The number of nitriles is 1. The molecule has 2 aliphatic rings. The molecule has 9 nitrogen and oxygen atoms in total. The number of hydrogen-bond donors (Lipinski definition) is 3. The quantitative estimate of drug-likeness (QED) is 0.631. The summed E-state index contributed by atoms with van der Waals surface area (Å²) in [7, 11) is 0. The molecule has 2 unspecified atom stereocenters. The highest BCUT2D eigenvalue weighted by atomic mass is 19.4. The predicted octanol–water partition coefficient (Wildman–Crippen LogP) is 3.66. The van der Waals surface area contributed by atoms with Crippen LogP contribution in [0.4, 0.5) is 29.6 Å². The van der Waals surface area contributed by atoms with E-state index in [1.807, 2.05) is 12.1 Å². The van der Waals surface area contributed by atoms with Crippen LogP contribution >= 0.6 is 0 Å². The van der Waals surface area contributed by atoms with Crippen LogP contribution in [0.25, 0.3) is 0 Å². The molecule has 0 aliphatic heterocycles. The molecule has 2 aromatic heterocycles. The highest BCUT2D eigenvalue weighted by molar-refractivity contribution is 5.69. The Labute approximate surface area is 175 Å². The van der Waals surface area contributed by atoms with Crippen molar-refractivity contribution >= 4 is 17.7 Å². The van der Waals surface area contributed by atoms with Gasteiger partial charge in [0.05, 0.1) is 24.4 Å². The van der Waals surface area contributed by atoms with Gasteiger partial charge in [-0.3, -0.25) is 5.10 Å². The van der Waals surface area contributed by atoms with Crippen molar-refractivity contribution < 1.29 is 22.7 Å². The van der Waals surface area contributed by atoms with Gasteiger partial charge in [-0.25, -0.2) is 14.8 Å². The van der Waals surface area contributed by atoms with Crippen LogP contribution in [0.5, 0.6) is 0 Å². The second-order valence-corrected chi connectivity index (χ2v) is 7.97. The Bertz CT molecular complexity index is 980. The maximum absolute atomic E-state index is 12.6. The van der Waals surface area contributed by atoms with E-state index in [9.17, 15) is 18.0 Å². The van der Waals surface area contributed by atoms with Crippen molar-refractivity contribution in [2.45, 2.75) is 62.3 Å². The minimum absolute atomic E-state index is 0.0814. The number of rotatable bonds is 6. The van der Waals surface area contributed by atoms with E-state index in [0.717, 1.165) is 12.1 Å². The fourth-order valence-electron chi connectivity index (χ4n) is 3.80. The van der Waals surface area contributed by atoms with Crippen molar-refractivity contribution in [2.24, 2.45) is 0 Å². The average molecular weight is 435 g/mol. The number of halogens is 3. The largest absolute Gasteiger partial charge is 0.446 e. The van der Waals surface area contributed by atoms with E-state index in [4.69, 9.17) is 10.00 Å². The van der Waals surface area contributed by atoms with Crippen LogP contribution in [-0.2, 0) is 4.74 Å². The molecule has 1 amide bonds. The third-order valence-corrected chi connectivity index (χ3v) is 5.48. The molecule has 164 valence electrons. The normalized spacial score (nSPS) is 21.9. The third-order valence-electron chi connectivity index (χ3n) is 5.48. The summed E-state index contributed by atoms with van der Waals surface area (Å²) in [5, 5.41) is 21.3. The highest BCUT2D eigenvalue weighted by Crippen LogP contribution is 2.44. The molecule has 0 aromatic carbocycles. The number of hydrogen-bond acceptors (Lipinski definition) is 7. The fraction of sp³-hybridized carbons (Fsp3) is 0.526. The molecule has 2 saturated carbocycles. The Kier molecular flexibility index (Phi) is 5.43. The van der Waals surface area contributed by atoms with E-state index < -0.39 is 24.2 Å². The minimum atomic E-state index is -4.32. The second-order valence-electron chi connectivity index (χ2n) is 7.97. The molecule has 0 bridgehead atoms. The van der Waals surface area contributed by atoms with Crippen LogP contribution in [0, 0.1) is 11.3 Å². The number of alkyl halides is 3. The summed E-state index contributed by atoms with van der Waals surface area (Å²) in [6, 6.07) is 3.70. The molecule has 12 heteroatoms. The number of carbonyl (C=O) groups excluding carboxylic acids is 1. The average Bonchev–Trinajstić information content (AvgIpc) is 3.08. The standard InChI is InChI=1S/C19H20F3N7O2/c20-19(21,22)10-18(3-4-18)27-17(30)31-13-2-1-11(5-13)14-6-15(29-28-14)26-16-9-24-12(7-23)8-25-16/h6,8-9,11,13H,1-5,10H2,(H,27,30)(H2,25,26,28,29). The number of ether oxygens (including phenoxy) is 1. The van der Waals surface area contributed by atoms with Crippen molar-refractivity contribution in [1.29, 1.82) is 5.26 Å². The van der Waals surface area contributed by atoms with Gasteiger partial charge in [0.1, 0.15) is 18.0 Å². The predicted molar refractivity (Wildman–Crippen MR) is 101 cm³/mol. The van der Waals surface area contributed by atoms with Gasteiger partial charge >= 0.3 is 12.3 Å². The van der Waals surface area contributed by atoms with Gasteiger partial charge in [0.25, 0.3) is 0 Å². The summed E-state index contributed by atoms with van der Waals surface area (Å²) < 4.78 is 43.3. The maximum atomic E-state index is 12.6. The van der Waals surface area contributed by atoms with Gasteiger partial charge < -0.3 is 15.4 Å². The van der Waals surface area contributed by atoms with Crippen LogP contribution in [0.1, 0.15) is 55.8 Å². The van der Waals surface area contributed by atoms with Crippen LogP contribution in [0.3, 0.4) is 0 Å². The zero-order chi connectivity index (χ0) is 22.1.